The molecule has 0 amide bonds. The predicted octanol–water partition coefficient (Wildman–Crippen LogP) is 6.53. The molecule has 1 saturated carbocycles. The van der Waals surface area contributed by atoms with Crippen LogP contribution in [0.25, 0.3) is 28.2 Å². The first-order valence-corrected chi connectivity index (χ1v) is 12.7. The fourth-order valence-electron chi connectivity index (χ4n) is 5.61. The predicted molar refractivity (Wildman–Crippen MR) is 146 cm³/mol. The molecule has 0 bridgehead atoms. The average molecular weight is 477 g/mol. The van der Waals surface area contributed by atoms with E-state index in [0.717, 1.165) is 58.7 Å². The molecule has 2 aromatic heterocycles. The third kappa shape index (κ3) is 3.66. The number of nitrogens with zero attached hydrogens (tertiary/aromatic N) is 3. The van der Waals surface area contributed by atoms with E-state index in [1.54, 1.807) is 13.3 Å². The lowest BCUT2D eigenvalue weighted by molar-refractivity contribution is 0.253. The fraction of sp³-hybridized carbons (Fsp3) is 0.290. The Morgan fingerprint density at radius 1 is 1.00 bits per heavy atom. The molecular weight excluding hydrogens is 444 g/mol. The molecule has 2 aromatic carbocycles. The summed E-state index contributed by atoms with van der Waals surface area (Å²) in [7, 11) is 1.71. The van der Waals surface area contributed by atoms with Gasteiger partial charge in [-0.3, -0.25) is 9.39 Å². The molecular formula is C31H32N4O. The topological polar surface area (TPSA) is 64.9 Å². The van der Waals surface area contributed by atoms with E-state index in [2.05, 4.69) is 90.1 Å². The van der Waals surface area contributed by atoms with Crippen molar-refractivity contribution in [3.05, 3.63) is 95.5 Å². The van der Waals surface area contributed by atoms with Crippen LogP contribution in [0.4, 0.5) is 0 Å². The van der Waals surface area contributed by atoms with E-state index in [0.29, 0.717) is 0 Å². The maximum atomic E-state index is 6.60. The number of hydrogen-bond donors (Lipinski definition) is 1. The number of methoxy groups -OCH3 is 1. The minimum absolute atomic E-state index is 0.175. The van der Waals surface area contributed by atoms with Crippen molar-refractivity contribution >= 4 is 11.9 Å². The van der Waals surface area contributed by atoms with E-state index in [1.165, 1.54) is 17.5 Å². The minimum Gasteiger partial charge on any atom is -0.499 e. The molecule has 36 heavy (non-hydrogen) atoms. The van der Waals surface area contributed by atoms with Gasteiger partial charge in [-0.05, 0) is 50.3 Å². The second-order valence-electron chi connectivity index (χ2n) is 10.6. The molecule has 5 nitrogen and oxygen atoms in total. The highest BCUT2D eigenvalue weighted by Crippen LogP contribution is 2.42. The van der Waals surface area contributed by atoms with Gasteiger partial charge >= 0.3 is 0 Å². The van der Waals surface area contributed by atoms with Crippen LogP contribution in [0, 0.1) is 6.92 Å². The van der Waals surface area contributed by atoms with E-state index >= 15 is 0 Å². The molecule has 0 saturated heterocycles. The highest BCUT2D eigenvalue weighted by molar-refractivity contribution is 5.86. The van der Waals surface area contributed by atoms with Crippen molar-refractivity contribution in [2.45, 2.75) is 50.5 Å². The van der Waals surface area contributed by atoms with Crippen molar-refractivity contribution < 1.29 is 4.74 Å². The monoisotopic (exact) mass is 476 g/mol. The van der Waals surface area contributed by atoms with E-state index in [9.17, 15) is 0 Å². The Bertz CT molecular complexity index is 1490. The van der Waals surface area contributed by atoms with E-state index < -0.39 is 0 Å². The van der Waals surface area contributed by atoms with Crippen LogP contribution >= 0.6 is 0 Å². The Balaban J connectivity index is 1.57. The first-order valence-electron chi connectivity index (χ1n) is 12.7. The number of ether oxygens (including phenoxy) is 1. The highest BCUT2D eigenvalue weighted by atomic mass is 16.5. The van der Waals surface area contributed by atoms with Crippen LogP contribution in [0.3, 0.4) is 0 Å². The van der Waals surface area contributed by atoms with Crippen molar-refractivity contribution in [2.75, 3.05) is 7.11 Å². The van der Waals surface area contributed by atoms with Crippen LogP contribution < -0.4 is 5.73 Å². The molecule has 4 aromatic rings. The van der Waals surface area contributed by atoms with Crippen molar-refractivity contribution in [3.63, 3.8) is 0 Å². The fourth-order valence-corrected chi connectivity index (χ4v) is 5.61. The molecule has 1 aliphatic heterocycles. The first kappa shape index (κ1) is 22.7. The molecule has 2 aliphatic rings. The summed E-state index contributed by atoms with van der Waals surface area (Å²) in [5, 5.41) is 0. The molecule has 0 radical (unpaired) electrons. The quantitative estimate of drug-likeness (QED) is 0.356. The number of imidazole rings is 1. The number of aromatic nitrogens is 2. The summed E-state index contributed by atoms with van der Waals surface area (Å²) in [6, 6.07) is 21.5. The zero-order chi connectivity index (χ0) is 24.9. The molecule has 6 rings (SSSR count). The lowest BCUT2D eigenvalue weighted by Gasteiger charge is -2.38. The summed E-state index contributed by atoms with van der Waals surface area (Å²) in [4.78, 5) is 9.83. The Kier molecular flexibility index (Phi) is 5.34. The van der Waals surface area contributed by atoms with Crippen LogP contribution in [0.1, 0.15) is 49.3 Å². The summed E-state index contributed by atoms with van der Waals surface area (Å²) in [6.07, 6.45) is 10.1. The SMILES string of the molecule is COC1=CN=CC(C)(c2cc(C)cn3c(-c4ccccc4)c(-c4ccc(C5(N)CCC5)cc4)nc23)C1. The van der Waals surface area contributed by atoms with Gasteiger partial charge in [-0.25, -0.2) is 4.98 Å². The second kappa shape index (κ2) is 8.45. The van der Waals surface area contributed by atoms with E-state index in [4.69, 9.17) is 15.5 Å². The number of hydrogen-bond acceptors (Lipinski definition) is 4. The lowest BCUT2D eigenvalue weighted by atomic mass is 9.72. The minimum atomic E-state index is -0.329. The maximum absolute atomic E-state index is 6.60. The highest BCUT2D eigenvalue weighted by Gasteiger charge is 2.35. The zero-order valence-electron chi connectivity index (χ0n) is 21.2. The normalized spacial score (nSPS) is 20.7. The van der Waals surface area contributed by atoms with Gasteiger partial charge in [0.15, 0.2) is 0 Å². The van der Waals surface area contributed by atoms with Gasteiger partial charge in [0.1, 0.15) is 11.4 Å². The van der Waals surface area contributed by atoms with Gasteiger partial charge in [0.2, 0.25) is 0 Å². The van der Waals surface area contributed by atoms with Crippen molar-refractivity contribution in [1.82, 2.24) is 9.38 Å². The Hall–Kier alpha value is -3.70. The average Bonchev–Trinajstić information content (AvgIpc) is 3.26. The van der Waals surface area contributed by atoms with Crippen LogP contribution in [0.2, 0.25) is 0 Å². The number of fused-ring (bicyclic) bond motifs is 1. The van der Waals surface area contributed by atoms with Crippen LogP contribution in [-0.2, 0) is 15.7 Å². The largest absolute Gasteiger partial charge is 0.499 e. The van der Waals surface area contributed by atoms with E-state index in [1.807, 2.05) is 6.21 Å². The number of nitrogens with two attached hydrogens (primary N) is 1. The molecule has 182 valence electrons. The van der Waals surface area contributed by atoms with Gasteiger partial charge in [0, 0.05) is 46.5 Å². The number of aliphatic imine (C=N–C) groups is 1. The molecule has 1 aliphatic carbocycles. The van der Waals surface area contributed by atoms with Gasteiger partial charge in [-0.15, -0.1) is 0 Å². The Morgan fingerprint density at radius 3 is 2.42 bits per heavy atom. The smallest absolute Gasteiger partial charge is 0.142 e. The molecule has 0 spiro atoms. The number of pyridine rings is 1. The third-order valence-corrected chi connectivity index (χ3v) is 7.88. The number of aryl methyl sites for hydroxylation is 1. The van der Waals surface area contributed by atoms with Crippen LogP contribution in [0.5, 0.6) is 0 Å². The zero-order valence-corrected chi connectivity index (χ0v) is 21.2. The molecule has 2 N–H and O–H groups in total. The third-order valence-electron chi connectivity index (χ3n) is 7.88. The van der Waals surface area contributed by atoms with Gasteiger partial charge in [-0.2, -0.15) is 0 Å². The van der Waals surface area contributed by atoms with Gasteiger partial charge < -0.3 is 10.5 Å². The van der Waals surface area contributed by atoms with Crippen LogP contribution in [-0.4, -0.2) is 22.7 Å². The van der Waals surface area contributed by atoms with Crippen LogP contribution in [0.15, 0.2) is 83.8 Å². The molecule has 5 heteroatoms. The molecule has 1 fully saturated rings. The summed E-state index contributed by atoms with van der Waals surface area (Å²) >= 11 is 0. The standard InChI is InChI=1S/C31H32N4O/c1-21-16-26(30(2)17-25(36-3)18-33-20-30)29-34-27(28(35(29)19-21)23-8-5-4-6-9-23)22-10-12-24(13-11-22)31(32)14-7-15-31/h4-6,8-13,16,18-20H,7,14-15,17,32H2,1-3H3. The Labute approximate surface area is 212 Å². The summed E-state index contributed by atoms with van der Waals surface area (Å²) in [5.74, 6) is 0.872. The number of benzene rings is 2. The Morgan fingerprint density at radius 2 is 1.75 bits per heavy atom. The number of rotatable bonds is 5. The molecule has 1 unspecified atom stereocenters. The maximum Gasteiger partial charge on any atom is 0.142 e. The van der Waals surface area contributed by atoms with Gasteiger partial charge in [0.25, 0.3) is 0 Å². The van der Waals surface area contributed by atoms with Gasteiger partial charge in [-0.1, -0.05) is 54.6 Å². The summed E-state index contributed by atoms with van der Waals surface area (Å²) < 4.78 is 7.83. The summed E-state index contributed by atoms with van der Waals surface area (Å²) in [6.45, 7) is 4.35. The summed E-state index contributed by atoms with van der Waals surface area (Å²) in [5.41, 5.74) is 14.9. The van der Waals surface area contributed by atoms with E-state index in [-0.39, 0.29) is 11.0 Å². The van der Waals surface area contributed by atoms with Crippen molar-refractivity contribution in [1.29, 1.82) is 0 Å². The number of allylic oxidation sites excluding steroid dienone is 1. The first-order chi connectivity index (χ1) is 17.4. The van der Waals surface area contributed by atoms with Crippen molar-refractivity contribution in [3.8, 4) is 22.5 Å². The second-order valence-corrected chi connectivity index (χ2v) is 10.6. The molecule has 1 atom stereocenters. The molecule has 3 heterocycles. The van der Waals surface area contributed by atoms with Crippen molar-refractivity contribution in [2.24, 2.45) is 10.7 Å². The lowest BCUT2D eigenvalue weighted by Crippen LogP contribution is -2.43. The van der Waals surface area contributed by atoms with Gasteiger partial charge in [0.05, 0.1) is 24.7 Å².